The minimum atomic E-state index is 0.212. The average molecular weight is 283 g/mol. The van der Waals surface area contributed by atoms with Crippen LogP contribution >= 0.6 is 15.9 Å². The van der Waals surface area contributed by atoms with Crippen molar-refractivity contribution >= 4 is 27.5 Å². The molecule has 0 N–H and O–H groups in total. The van der Waals surface area contributed by atoms with Gasteiger partial charge in [-0.05, 0) is 31.4 Å². The van der Waals surface area contributed by atoms with Crippen molar-refractivity contribution in [2.24, 2.45) is 5.92 Å². The van der Waals surface area contributed by atoms with Crippen LogP contribution < -0.4 is 4.90 Å². The third-order valence-corrected chi connectivity index (χ3v) is 3.92. The Morgan fingerprint density at radius 1 is 1.56 bits per heavy atom. The lowest BCUT2D eigenvalue weighted by molar-refractivity contribution is -0.117. The molecule has 0 spiro atoms. The van der Waals surface area contributed by atoms with E-state index < -0.39 is 0 Å². The molecule has 0 aromatic carbocycles. The third-order valence-electron chi connectivity index (χ3n) is 3.00. The standard InChI is InChI=1S/C12H15BrN2O/c1-8-3-4-14-9(2)12(8)15-7-10(6-13)5-11(15)16/h3-4,10H,5-7H2,1-2H3. The fourth-order valence-electron chi connectivity index (χ4n) is 2.20. The SMILES string of the molecule is Cc1ccnc(C)c1N1CC(CBr)CC1=O. The summed E-state index contributed by atoms with van der Waals surface area (Å²) in [5.74, 6) is 0.634. The number of aryl methyl sites for hydroxylation is 2. The summed E-state index contributed by atoms with van der Waals surface area (Å²) < 4.78 is 0. The van der Waals surface area contributed by atoms with Crippen LogP contribution in [0.3, 0.4) is 0 Å². The first-order chi connectivity index (χ1) is 7.63. The van der Waals surface area contributed by atoms with Crippen molar-refractivity contribution < 1.29 is 4.79 Å². The highest BCUT2D eigenvalue weighted by Gasteiger charge is 2.31. The number of aromatic nitrogens is 1. The Morgan fingerprint density at radius 3 is 2.88 bits per heavy atom. The number of carbonyl (C=O) groups is 1. The number of nitrogens with zero attached hydrogens (tertiary/aromatic N) is 2. The van der Waals surface area contributed by atoms with Gasteiger partial charge in [-0.3, -0.25) is 9.78 Å². The minimum absolute atomic E-state index is 0.212. The Labute approximate surface area is 104 Å². The molecule has 1 fully saturated rings. The van der Waals surface area contributed by atoms with Gasteiger partial charge in [0.25, 0.3) is 0 Å². The average Bonchev–Trinajstić information content (AvgIpc) is 2.60. The van der Waals surface area contributed by atoms with Crippen LogP contribution in [0.4, 0.5) is 5.69 Å². The molecule has 4 heteroatoms. The summed E-state index contributed by atoms with van der Waals surface area (Å²) in [5, 5.41) is 0.883. The van der Waals surface area contributed by atoms with Crippen LogP contribution in [0.5, 0.6) is 0 Å². The number of anilines is 1. The maximum absolute atomic E-state index is 11.9. The van der Waals surface area contributed by atoms with Gasteiger partial charge in [0.1, 0.15) is 0 Å². The monoisotopic (exact) mass is 282 g/mol. The zero-order chi connectivity index (χ0) is 11.7. The predicted octanol–water partition coefficient (Wildman–Crippen LogP) is 2.45. The largest absolute Gasteiger partial charge is 0.310 e. The zero-order valence-corrected chi connectivity index (χ0v) is 11.1. The van der Waals surface area contributed by atoms with Gasteiger partial charge in [-0.15, -0.1) is 0 Å². The molecule has 1 saturated heterocycles. The van der Waals surface area contributed by atoms with Gasteiger partial charge in [0.2, 0.25) is 5.91 Å². The van der Waals surface area contributed by atoms with Gasteiger partial charge in [-0.25, -0.2) is 0 Å². The first kappa shape index (κ1) is 11.6. The van der Waals surface area contributed by atoms with Gasteiger partial charge in [0.05, 0.1) is 11.4 Å². The molecule has 1 atom stereocenters. The van der Waals surface area contributed by atoms with Crippen LogP contribution in [0.25, 0.3) is 0 Å². The Hall–Kier alpha value is -0.900. The molecule has 1 aliphatic heterocycles. The maximum atomic E-state index is 11.9. The molecule has 1 unspecified atom stereocenters. The molecule has 86 valence electrons. The fraction of sp³-hybridized carbons (Fsp3) is 0.500. The molecule has 2 heterocycles. The molecule has 1 aromatic heterocycles. The van der Waals surface area contributed by atoms with Gasteiger partial charge in [-0.2, -0.15) is 0 Å². The highest BCUT2D eigenvalue weighted by Crippen LogP contribution is 2.30. The summed E-state index contributed by atoms with van der Waals surface area (Å²) in [7, 11) is 0. The van der Waals surface area contributed by atoms with Gasteiger partial charge in [0.15, 0.2) is 0 Å². The molecule has 0 bridgehead atoms. The summed E-state index contributed by atoms with van der Waals surface area (Å²) >= 11 is 3.45. The molecular formula is C12H15BrN2O. The molecule has 1 aliphatic rings. The summed E-state index contributed by atoms with van der Waals surface area (Å²) in [6.07, 6.45) is 2.43. The molecule has 0 radical (unpaired) electrons. The van der Waals surface area contributed by atoms with Crippen LogP contribution in [-0.2, 0) is 4.79 Å². The number of hydrogen-bond donors (Lipinski definition) is 0. The number of hydrogen-bond acceptors (Lipinski definition) is 2. The molecular weight excluding hydrogens is 268 g/mol. The molecule has 0 saturated carbocycles. The summed E-state index contributed by atoms with van der Waals surface area (Å²) in [4.78, 5) is 18.1. The lowest BCUT2D eigenvalue weighted by Crippen LogP contribution is -2.26. The van der Waals surface area contributed by atoms with E-state index in [2.05, 4.69) is 20.9 Å². The molecule has 16 heavy (non-hydrogen) atoms. The van der Waals surface area contributed by atoms with E-state index in [9.17, 15) is 4.79 Å². The third kappa shape index (κ3) is 1.98. The number of rotatable bonds is 2. The van der Waals surface area contributed by atoms with Crippen molar-refractivity contribution in [1.29, 1.82) is 0 Å². The van der Waals surface area contributed by atoms with E-state index in [1.54, 1.807) is 6.20 Å². The lowest BCUT2D eigenvalue weighted by atomic mass is 10.1. The van der Waals surface area contributed by atoms with Crippen LogP contribution in [0.2, 0.25) is 0 Å². The fourth-order valence-corrected chi connectivity index (χ4v) is 2.63. The van der Waals surface area contributed by atoms with Gasteiger partial charge in [0, 0.05) is 24.5 Å². The van der Waals surface area contributed by atoms with Crippen LogP contribution in [0.1, 0.15) is 17.7 Å². The second kappa shape index (κ2) is 4.53. The number of pyridine rings is 1. The van der Waals surface area contributed by atoms with Crippen molar-refractivity contribution in [3.63, 3.8) is 0 Å². The topological polar surface area (TPSA) is 33.2 Å². The van der Waals surface area contributed by atoms with Gasteiger partial charge in [-0.1, -0.05) is 15.9 Å². The van der Waals surface area contributed by atoms with Crippen LogP contribution in [0, 0.1) is 19.8 Å². The molecule has 0 aliphatic carbocycles. The highest BCUT2D eigenvalue weighted by atomic mass is 79.9. The summed E-state index contributed by atoms with van der Waals surface area (Å²) in [6, 6.07) is 1.96. The Balaban J connectivity index is 2.35. The number of alkyl halides is 1. The molecule has 1 amide bonds. The lowest BCUT2D eigenvalue weighted by Gasteiger charge is -2.20. The Bertz CT molecular complexity index is 399. The van der Waals surface area contributed by atoms with Crippen molar-refractivity contribution in [1.82, 2.24) is 4.98 Å². The van der Waals surface area contributed by atoms with Crippen LogP contribution in [0.15, 0.2) is 12.3 Å². The van der Waals surface area contributed by atoms with E-state index in [1.165, 1.54) is 0 Å². The second-order valence-electron chi connectivity index (χ2n) is 4.29. The molecule has 3 nitrogen and oxygen atoms in total. The van der Waals surface area contributed by atoms with E-state index in [4.69, 9.17) is 0 Å². The minimum Gasteiger partial charge on any atom is -0.310 e. The summed E-state index contributed by atoms with van der Waals surface area (Å²) in [5.41, 5.74) is 3.05. The Kier molecular flexibility index (Phi) is 3.28. The van der Waals surface area contributed by atoms with E-state index in [0.29, 0.717) is 12.3 Å². The van der Waals surface area contributed by atoms with Crippen molar-refractivity contribution in [3.8, 4) is 0 Å². The zero-order valence-electron chi connectivity index (χ0n) is 9.53. The molecule has 1 aromatic rings. The van der Waals surface area contributed by atoms with E-state index in [0.717, 1.165) is 28.8 Å². The second-order valence-corrected chi connectivity index (χ2v) is 4.94. The van der Waals surface area contributed by atoms with Gasteiger partial charge < -0.3 is 4.90 Å². The Morgan fingerprint density at radius 2 is 2.31 bits per heavy atom. The van der Waals surface area contributed by atoms with Crippen molar-refractivity contribution in [3.05, 3.63) is 23.5 Å². The van der Waals surface area contributed by atoms with Crippen molar-refractivity contribution in [2.45, 2.75) is 20.3 Å². The first-order valence-corrected chi connectivity index (χ1v) is 6.54. The first-order valence-electron chi connectivity index (χ1n) is 5.42. The van der Waals surface area contributed by atoms with E-state index >= 15 is 0 Å². The van der Waals surface area contributed by atoms with Crippen molar-refractivity contribution in [2.75, 3.05) is 16.8 Å². The van der Waals surface area contributed by atoms with E-state index in [1.807, 2.05) is 24.8 Å². The summed E-state index contributed by atoms with van der Waals surface area (Å²) in [6.45, 7) is 4.79. The quantitative estimate of drug-likeness (QED) is 0.781. The maximum Gasteiger partial charge on any atom is 0.227 e. The number of carbonyl (C=O) groups excluding carboxylic acids is 1. The predicted molar refractivity (Wildman–Crippen MR) is 68.0 cm³/mol. The van der Waals surface area contributed by atoms with E-state index in [-0.39, 0.29) is 5.91 Å². The normalized spacial score (nSPS) is 20.6. The smallest absolute Gasteiger partial charge is 0.227 e. The van der Waals surface area contributed by atoms with Gasteiger partial charge >= 0.3 is 0 Å². The number of amides is 1. The van der Waals surface area contributed by atoms with Crippen LogP contribution in [-0.4, -0.2) is 22.8 Å². The number of halogens is 1. The molecule has 2 rings (SSSR count). The highest BCUT2D eigenvalue weighted by molar-refractivity contribution is 9.09.